The zero-order chi connectivity index (χ0) is 52.2. The van der Waals surface area contributed by atoms with Crippen LogP contribution in [0.3, 0.4) is 0 Å². The molecule has 15 rings (SSSR count). The Morgan fingerprint density at radius 3 is 1.45 bits per heavy atom. The van der Waals surface area contributed by atoms with Crippen LogP contribution >= 0.6 is 0 Å². The Balaban J connectivity index is 0.983. The van der Waals surface area contributed by atoms with E-state index in [1.54, 1.807) is 0 Å². The number of aromatic nitrogens is 1. The Morgan fingerprint density at radius 1 is 0.297 bits per heavy atom. The van der Waals surface area contributed by atoms with E-state index < -0.39 is 5.41 Å². The molecule has 1 heterocycles. The predicted molar refractivity (Wildman–Crippen MR) is 309 cm³/mol. The second kappa shape index (κ2) is 16.7. The van der Waals surface area contributed by atoms with Crippen molar-refractivity contribution in [2.75, 3.05) is 9.80 Å². The number of fused-ring (bicyclic) bond motifs is 14. The van der Waals surface area contributed by atoms with Gasteiger partial charge in [0.05, 0.1) is 27.6 Å². The molecule has 0 saturated heterocycles. The lowest BCUT2D eigenvalue weighted by Crippen LogP contribution is -2.26. The van der Waals surface area contributed by atoms with Crippen LogP contribution in [0.4, 0.5) is 34.1 Å². The van der Waals surface area contributed by atoms with Crippen molar-refractivity contribution in [1.29, 1.82) is 0 Å². The van der Waals surface area contributed by atoms with Crippen LogP contribution < -0.4 is 9.80 Å². The SMILES string of the molecule is [2H]c1c([2H])c(N(c2ccccc2)c2ccccc2)c([2H])c([2H])c1-c1cccc2c(N(c3ccc4c(c3)C3(c5ccccc5-c5ccccc53)c3ccccc3-4)c3ccc4c5ccccc5n(-c5ccccc5)c4c3)cccc12. The standard InChI is InChI=1S/C71H47N3/c1-4-20-49(21-5-1)72(50-22-6-2-7-23-50)52-40-38-48(39-41-52)55-30-18-32-61-56(55)31-19-37-68(61)73(54-43-45-63-62-29-13-17-36-69(62)74(70(63)47-54)51-24-8-3-9-25-51)53-42-44-60-59-28-12-16-35-66(59)71(67(60)46-53)64-33-14-10-26-57(64)58-27-11-15-34-65(58)71/h1-47H/i38D,39D,40D,41D. The lowest BCUT2D eigenvalue weighted by molar-refractivity contribution is 0.793. The fourth-order valence-corrected chi connectivity index (χ4v) is 12.4. The molecule has 0 unspecified atom stereocenters. The molecule has 1 spiro atoms. The van der Waals surface area contributed by atoms with E-state index in [4.69, 9.17) is 0 Å². The van der Waals surface area contributed by atoms with Crippen molar-refractivity contribution in [3.63, 3.8) is 0 Å². The molecule has 346 valence electrons. The second-order valence-corrected chi connectivity index (χ2v) is 19.2. The van der Waals surface area contributed by atoms with E-state index in [0.717, 1.165) is 61.3 Å². The molecular weight excluding hydrogens is 895 g/mol. The van der Waals surface area contributed by atoms with Crippen LogP contribution in [0.25, 0.3) is 71.6 Å². The van der Waals surface area contributed by atoms with Gasteiger partial charge in [0.15, 0.2) is 0 Å². The summed E-state index contributed by atoms with van der Waals surface area (Å²) in [6, 6.07) is 90.7. The largest absolute Gasteiger partial charge is 0.311 e. The molecular formula is C71H47N3. The highest BCUT2D eigenvalue weighted by Gasteiger charge is 2.51. The van der Waals surface area contributed by atoms with E-state index in [0.29, 0.717) is 5.56 Å². The van der Waals surface area contributed by atoms with Crippen LogP contribution in [0.15, 0.2) is 285 Å². The average molecular weight is 946 g/mol. The first-order valence-electron chi connectivity index (χ1n) is 27.3. The monoisotopic (exact) mass is 945 g/mol. The maximum absolute atomic E-state index is 9.80. The van der Waals surface area contributed by atoms with Crippen molar-refractivity contribution < 1.29 is 5.48 Å². The zero-order valence-corrected chi connectivity index (χ0v) is 40.2. The van der Waals surface area contributed by atoms with Crippen LogP contribution in [-0.4, -0.2) is 4.57 Å². The molecule has 2 aliphatic rings. The molecule has 3 nitrogen and oxygen atoms in total. The molecule has 0 amide bonds. The maximum Gasteiger partial charge on any atom is 0.0726 e. The molecule has 0 N–H and O–H groups in total. The van der Waals surface area contributed by atoms with Gasteiger partial charge in [-0.15, -0.1) is 0 Å². The molecule has 0 saturated carbocycles. The molecule has 0 aliphatic heterocycles. The molecule has 1 aromatic heterocycles. The molecule has 3 heteroatoms. The number of hydrogen-bond acceptors (Lipinski definition) is 2. The summed E-state index contributed by atoms with van der Waals surface area (Å²) in [6.45, 7) is 0. The Bertz CT molecular complexity index is 4440. The van der Waals surface area contributed by atoms with Crippen LogP contribution in [-0.2, 0) is 5.41 Å². The number of rotatable bonds is 8. The topological polar surface area (TPSA) is 11.4 Å². The van der Waals surface area contributed by atoms with Gasteiger partial charge in [-0.3, -0.25) is 0 Å². The Hall–Kier alpha value is -9.70. The third-order valence-corrected chi connectivity index (χ3v) is 15.4. The zero-order valence-electron chi connectivity index (χ0n) is 44.2. The van der Waals surface area contributed by atoms with Crippen molar-refractivity contribution in [1.82, 2.24) is 4.57 Å². The summed E-state index contributed by atoms with van der Waals surface area (Å²) < 4.78 is 41.4. The summed E-state index contributed by atoms with van der Waals surface area (Å²) in [5, 5.41) is 4.01. The van der Waals surface area contributed by atoms with Gasteiger partial charge in [0.25, 0.3) is 0 Å². The summed E-state index contributed by atoms with van der Waals surface area (Å²) in [6.07, 6.45) is 0. The first kappa shape index (κ1) is 38.0. The number of benzene rings is 12. The average Bonchev–Trinajstić information content (AvgIpc) is 2.93. The molecule has 13 aromatic rings. The van der Waals surface area contributed by atoms with E-state index in [1.807, 2.05) is 83.8 Å². The number of nitrogens with zero attached hydrogens (tertiary/aromatic N) is 3. The van der Waals surface area contributed by atoms with Crippen LogP contribution in [0.1, 0.15) is 27.7 Å². The van der Waals surface area contributed by atoms with Gasteiger partial charge < -0.3 is 14.4 Å². The Kier molecular flexibility index (Phi) is 8.58. The van der Waals surface area contributed by atoms with Crippen LogP contribution in [0.2, 0.25) is 0 Å². The van der Waals surface area contributed by atoms with E-state index >= 15 is 0 Å². The minimum absolute atomic E-state index is 0.113. The van der Waals surface area contributed by atoms with Crippen molar-refractivity contribution in [3.05, 3.63) is 307 Å². The lowest BCUT2D eigenvalue weighted by Gasteiger charge is -2.32. The smallest absolute Gasteiger partial charge is 0.0726 e. The quantitative estimate of drug-likeness (QED) is 0.150. The van der Waals surface area contributed by atoms with Crippen molar-refractivity contribution in [2.24, 2.45) is 0 Å². The highest BCUT2D eigenvalue weighted by Crippen LogP contribution is 2.63. The molecule has 0 fully saturated rings. The minimum Gasteiger partial charge on any atom is -0.311 e. The summed E-state index contributed by atoms with van der Waals surface area (Å²) in [5.41, 5.74) is 18.0. The van der Waals surface area contributed by atoms with Gasteiger partial charge in [-0.1, -0.05) is 200 Å². The first-order chi connectivity index (χ1) is 38.4. The molecule has 0 atom stereocenters. The first-order valence-corrected chi connectivity index (χ1v) is 25.3. The van der Waals surface area contributed by atoms with Gasteiger partial charge in [0.2, 0.25) is 0 Å². The van der Waals surface area contributed by atoms with Gasteiger partial charge in [-0.25, -0.2) is 0 Å². The van der Waals surface area contributed by atoms with Crippen molar-refractivity contribution in [3.8, 4) is 39.1 Å². The Labute approximate surface area is 436 Å². The normalized spacial score (nSPS) is 13.5. The highest BCUT2D eigenvalue weighted by molar-refractivity contribution is 6.12. The third-order valence-electron chi connectivity index (χ3n) is 15.4. The molecule has 2 aliphatic carbocycles. The fraction of sp³-hybridized carbons (Fsp3) is 0.0141. The van der Waals surface area contributed by atoms with Gasteiger partial charge in [-0.2, -0.15) is 0 Å². The summed E-state index contributed by atoms with van der Waals surface area (Å²) in [7, 11) is 0. The highest BCUT2D eigenvalue weighted by atomic mass is 15.2. The minimum atomic E-state index is -0.573. The number of anilines is 6. The summed E-state index contributed by atoms with van der Waals surface area (Å²) in [5.74, 6) is 0. The van der Waals surface area contributed by atoms with Crippen LogP contribution in [0.5, 0.6) is 0 Å². The van der Waals surface area contributed by atoms with E-state index in [-0.39, 0.29) is 35.4 Å². The fourth-order valence-electron chi connectivity index (χ4n) is 12.4. The van der Waals surface area contributed by atoms with Crippen LogP contribution in [0, 0.1) is 0 Å². The van der Waals surface area contributed by atoms with E-state index in [2.05, 4.69) is 191 Å². The molecule has 0 bridgehead atoms. The summed E-state index contributed by atoms with van der Waals surface area (Å²) in [4.78, 5) is 4.19. The Morgan fingerprint density at radius 2 is 0.784 bits per heavy atom. The third kappa shape index (κ3) is 6.20. The number of hydrogen-bond donors (Lipinski definition) is 0. The number of para-hydroxylation sites is 4. The van der Waals surface area contributed by atoms with E-state index in [1.165, 1.54) is 49.9 Å². The van der Waals surface area contributed by atoms with Gasteiger partial charge >= 0.3 is 0 Å². The van der Waals surface area contributed by atoms with Crippen molar-refractivity contribution in [2.45, 2.75) is 5.41 Å². The molecule has 74 heavy (non-hydrogen) atoms. The summed E-state index contributed by atoms with van der Waals surface area (Å²) >= 11 is 0. The van der Waals surface area contributed by atoms with Gasteiger partial charge in [-0.05, 0) is 146 Å². The van der Waals surface area contributed by atoms with E-state index in [9.17, 15) is 5.48 Å². The predicted octanol–water partition coefficient (Wildman–Crippen LogP) is 18.9. The van der Waals surface area contributed by atoms with Gasteiger partial charge in [0, 0.05) is 50.3 Å². The van der Waals surface area contributed by atoms with Crippen molar-refractivity contribution >= 4 is 66.7 Å². The second-order valence-electron chi connectivity index (χ2n) is 19.2. The molecule has 12 aromatic carbocycles. The van der Waals surface area contributed by atoms with Gasteiger partial charge in [0.1, 0.15) is 0 Å². The molecule has 0 radical (unpaired) electrons. The lowest BCUT2D eigenvalue weighted by atomic mass is 9.70. The maximum atomic E-state index is 9.80.